The lowest BCUT2D eigenvalue weighted by Crippen LogP contribution is -2.48. The minimum absolute atomic E-state index is 0.582. The summed E-state index contributed by atoms with van der Waals surface area (Å²) >= 11 is 0. The molecule has 0 amide bonds. The maximum absolute atomic E-state index is 5.97. The van der Waals surface area contributed by atoms with Crippen molar-refractivity contribution < 1.29 is 13.3 Å². The molecule has 1 aromatic carbocycles. The first-order valence-electron chi connectivity index (χ1n) is 6.42. The number of nitrogens with two attached hydrogens (primary N) is 1. The van der Waals surface area contributed by atoms with Gasteiger partial charge in [0.1, 0.15) is 0 Å². The molecule has 1 rings (SSSR count). The Labute approximate surface area is 110 Å². The first-order chi connectivity index (χ1) is 8.67. The number of para-hydroxylation sites is 1. The normalized spacial score (nSPS) is 11.7. The van der Waals surface area contributed by atoms with Crippen LogP contribution < -0.4 is 5.73 Å². The van der Waals surface area contributed by atoms with E-state index in [0.717, 1.165) is 11.3 Å². The molecule has 0 saturated carbocycles. The predicted octanol–water partition coefficient (Wildman–Crippen LogP) is 2.40. The number of benzene rings is 1. The lowest BCUT2D eigenvalue weighted by atomic mass is 10.2. The molecule has 0 bridgehead atoms. The molecule has 4 nitrogen and oxygen atoms in total. The second-order valence-electron chi connectivity index (χ2n) is 3.86. The van der Waals surface area contributed by atoms with Crippen molar-refractivity contribution in [2.45, 2.75) is 26.8 Å². The molecule has 0 saturated heterocycles. The average molecular weight is 269 g/mol. The summed E-state index contributed by atoms with van der Waals surface area (Å²) in [6.07, 6.45) is 0. The van der Waals surface area contributed by atoms with Gasteiger partial charge in [0.05, 0.1) is 0 Å². The van der Waals surface area contributed by atoms with Crippen molar-refractivity contribution in [2.75, 3.05) is 25.6 Å². The van der Waals surface area contributed by atoms with Gasteiger partial charge in [0, 0.05) is 31.6 Å². The fourth-order valence-corrected chi connectivity index (χ4v) is 4.53. The zero-order valence-electron chi connectivity index (χ0n) is 11.4. The van der Waals surface area contributed by atoms with Crippen molar-refractivity contribution in [1.29, 1.82) is 0 Å². The van der Waals surface area contributed by atoms with Gasteiger partial charge in [0.2, 0.25) is 0 Å². The molecular formula is C13H23NO3Si. The average Bonchev–Trinajstić information content (AvgIpc) is 2.33. The fraction of sp³-hybridized carbons (Fsp3) is 0.538. The van der Waals surface area contributed by atoms with Gasteiger partial charge in [0.25, 0.3) is 0 Å². The van der Waals surface area contributed by atoms with Crippen LogP contribution in [0.2, 0.25) is 0 Å². The van der Waals surface area contributed by atoms with E-state index in [1.807, 2.05) is 45.0 Å². The zero-order chi connectivity index (χ0) is 13.4. The first-order valence-corrected chi connectivity index (χ1v) is 8.35. The van der Waals surface area contributed by atoms with E-state index in [0.29, 0.717) is 25.9 Å². The third-order valence-corrected chi connectivity index (χ3v) is 5.55. The van der Waals surface area contributed by atoms with E-state index >= 15 is 0 Å². The van der Waals surface area contributed by atoms with Crippen molar-refractivity contribution in [2.24, 2.45) is 0 Å². The fourth-order valence-electron chi connectivity index (χ4n) is 1.87. The quantitative estimate of drug-likeness (QED) is 0.581. The monoisotopic (exact) mass is 269 g/mol. The van der Waals surface area contributed by atoms with Crippen molar-refractivity contribution in [3.05, 3.63) is 29.8 Å². The number of hydrogen-bond donors (Lipinski definition) is 1. The Balaban J connectivity index is 2.91. The second-order valence-corrected chi connectivity index (χ2v) is 6.44. The number of rotatable bonds is 8. The standard InChI is InChI=1S/C13H23NO3Si/c1-4-15-18(16-5-2,17-6-3)11-12-9-7-8-10-13(12)14/h7-10H,4-6,11,14H2,1-3H3. The summed E-state index contributed by atoms with van der Waals surface area (Å²) in [6, 6.07) is 8.39. The molecule has 0 aromatic heterocycles. The van der Waals surface area contributed by atoms with Gasteiger partial charge in [-0.05, 0) is 32.4 Å². The van der Waals surface area contributed by atoms with Gasteiger partial charge in [-0.25, -0.2) is 0 Å². The van der Waals surface area contributed by atoms with E-state index in [1.165, 1.54) is 0 Å². The highest BCUT2D eigenvalue weighted by molar-refractivity contribution is 6.60. The topological polar surface area (TPSA) is 53.7 Å². The summed E-state index contributed by atoms with van der Waals surface area (Å²) in [6.45, 7) is 7.60. The maximum atomic E-state index is 5.97. The molecule has 0 radical (unpaired) electrons. The maximum Gasteiger partial charge on any atom is 0.505 e. The minimum atomic E-state index is -2.65. The van der Waals surface area contributed by atoms with Crippen molar-refractivity contribution >= 4 is 14.5 Å². The molecule has 0 spiro atoms. The summed E-state index contributed by atoms with van der Waals surface area (Å²) in [5.74, 6) is 0. The predicted molar refractivity (Wildman–Crippen MR) is 75.2 cm³/mol. The Morgan fingerprint density at radius 3 is 1.89 bits per heavy atom. The Morgan fingerprint density at radius 2 is 1.44 bits per heavy atom. The van der Waals surface area contributed by atoms with E-state index in [-0.39, 0.29) is 0 Å². The lowest BCUT2D eigenvalue weighted by molar-refractivity contribution is 0.0704. The van der Waals surface area contributed by atoms with Crippen molar-refractivity contribution in [3.63, 3.8) is 0 Å². The van der Waals surface area contributed by atoms with Crippen molar-refractivity contribution in [3.8, 4) is 0 Å². The highest BCUT2D eigenvalue weighted by atomic mass is 28.4. The molecule has 5 heteroatoms. The summed E-state index contributed by atoms with van der Waals surface area (Å²) in [5.41, 5.74) is 7.76. The molecule has 0 aliphatic heterocycles. The number of hydrogen-bond acceptors (Lipinski definition) is 4. The minimum Gasteiger partial charge on any atom is -0.399 e. The largest absolute Gasteiger partial charge is 0.505 e. The third-order valence-electron chi connectivity index (χ3n) is 2.55. The molecule has 0 aliphatic carbocycles. The van der Waals surface area contributed by atoms with Crippen LogP contribution in [-0.4, -0.2) is 28.6 Å². The van der Waals surface area contributed by atoms with E-state index in [2.05, 4.69) is 0 Å². The van der Waals surface area contributed by atoms with E-state index in [1.54, 1.807) is 0 Å². The molecule has 1 aromatic rings. The van der Waals surface area contributed by atoms with Gasteiger partial charge in [-0.1, -0.05) is 18.2 Å². The SMILES string of the molecule is CCO[Si](Cc1ccccc1N)(OCC)OCC. The van der Waals surface area contributed by atoms with Gasteiger partial charge in [-0.3, -0.25) is 0 Å². The summed E-state index contributed by atoms with van der Waals surface area (Å²) in [5, 5.41) is 0. The van der Waals surface area contributed by atoms with E-state index in [9.17, 15) is 0 Å². The highest BCUT2D eigenvalue weighted by Crippen LogP contribution is 2.21. The van der Waals surface area contributed by atoms with Gasteiger partial charge in [0.15, 0.2) is 0 Å². The van der Waals surface area contributed by atoms with Crippen LogP contribution in [0.1, 0.15) is 26.3 Å². The molecule has 18 heavy (non-hydrogen) atoms. The van der Waals surface area contributed by atoms with Gasteiger partial charge < -0.3 is 19.0 Å². The van der Waals surface area contributed by atoms with Crippen LogP contribution in [0.4, 0.5) is 5.69 Å². The molecule has 102 valence electrons. The van der Waals surface area contributed by atoms with Crippen LogP contribution in [0.15, 0.2) is 24.3 Å². The Hall–Kier alpha value is -0.883. The van der Waals surface area contributed by atoms with Gasteiger partial charge in [-0.2, -0.15) is 0 Å². The molecular weight excluding hydrogens is 246 g/mol. The molecule has 0 atom stereocenters. The molecule has 0 fully saturated rings. The van der Waals surface area contributed by atoms with E-state index in [4.69, 9.17) is 19.0 Å². The summed E-state index contributed by atoms with van der Waals surface area (Å²) < 4.78 is 17.4. The molecule has 0 heterocycles. The van der Waals surface area contributed by atoms with Gasteiger partial charge in [-0.15, -0.1) is 0 Å². The first kappa shape index (κ1) is 15.2. The van der Waals surface area contributed by atoms with Crippen LogP contribution in [0.25, 0.3) is 0 Å². The Bertz CT molecular complexity index is 343. The third kappa shape index (κ3) is 4.10. The summed E-state index contributed by atoms with van der Waals surface area (Å²) in [4.78, 5) is 0. The molecule has 2 N–H and O–H groups in total. The lowest BCUT2D eigenvalue weighted by Gasteiger charge is -2.28. The Morgan fingerprint density at radius 1 is 0.944 bits per heavy atom. The second kappa shape index (κ2) is 7.53. The van der Waals surface area contributed by atoms with E-state index < -0.39 is 8.80 Å². The Kier molecular flexibility index (Phi) is 6.35. The van der Waals surface area contributed by atoms with Crippen LogP contribution in [0.5, 0.6) is 0 Å². The van der Waals surface area contributed by atoms with Crippen LogP contribution in [0.3, 0.4) is 0 Å². The smallest absolute Gasteiger partial charge is 0.399 e. The molecule has 0 aliphatic rings. The number of anilines is 1. The van der Waals surface area contributed by atoms with Crippen molar-refractivity contribution in [1.82, 2.24) is 0 Å². The zero-order valence-corrected chi connectivity index (χ0v) is 12.4. The van der Waals surface area contributed by atoms with Crippen LogP contribution in [0, 0.1) is 0 Å². The molecule has 0 unspecified atom stereocenters. The number of nitrogen functional groups attached to an aromatic ring is 1. The van der Waals surface area contributed by atoms with Gasteiger partial charge >= 0.3 is 8.80 Å². The van der Waals surface area contributed by atoms with Crippen LogP contribution in [-0.2, 0) is 19.3 Å². The van der Waals surface area contributed by atoms with Crippen LogP contribution >= 0.6 is 0 Å². The highest BCUT2D eigenvalue weighted by Gasteiger charge is 2.41. The summed E-state index contributed by atoms with van der Waals surface area (Å²) in [7, 11) is -2.65.